The Labute approximate surface area is 154 Å². The SMILES string of the molecule is Cc1ccc2c(c1-c1cccc[n+]1C)CCc1ccc3ccccc3c1-2. The van der Waals surface area contributed by atoms with Crippen LogP contribution < -0.4 is 4.57 Å². The molecule has 26 heavy (non-hydrogen) atoms. The van der Waals surface area contributed by atoms with Crippen LogP contribution in [0.2, 0.25) is 0 Å². The molecular formula is C25H22N+. The van der Waals surface area contributed by atoms with Gasteiger partial charge in [0, 0.05) is 12.1 Å². The van der Waals surface area contributed by atoms with Crippen LogP contribution in [0.4, 0.5) is 0 Å². The van der Waals surface area contributed by atoms with Crippen molar-refractivity contribution >= 4 is 10.8 Å². The monoisotopic (exact) mass is 336 g/mol. The van der Waals surface area contributed by atoms with Gasteiger partial charge in [0.15, 0.2) is 6.20 Å². The standard InChI is InChI=1S/C25H22N/c1-17-10-14-22-21(24(17)23-9-5-6-16-26(23)2)15-13-19-12-11-18-7-3-4-8-20(18)25(19)22/h3-12,14,16H,13,15H2,1-2H3/q+1. The first kappa shape index (κ1) is 15.3. The first-order valence-corrected chi connectivity index (χ1v) is 9.32. The maximum Gasteiger partial charge on any atom is 0.212 e. The molecule has 0 radical (unpaired) electrons. The van der Waals surface area contributed by atoms with Gasteiger partial charge in [-0.05, 0) is 64.4 Å². The first-order chi connectivity index (χ1) is 12.7. The van der Waals surface area contributed by atoms with Gasteiger partial charge in [-0.3, -0.25) is 0 Å². The Bertz CT molecular complexity index is 1150. The van der Waals surface area contributed by atoms with Crippen LogP contribution in [0.5, 0.6) is 0 Å². The zero-order chi connectivity index (χ0) is 17.7. The van der Waals surface area contributed by atoms with E-state index in [1.807, 2.05) is 0 Å². The van der Waals surface area contributed by atoms with Crippen molar-refractivity contribution in [2.75, 3.05) is 0 Å². The predicted octanol–water partition coefficient (Wildman–Crippen LogP) is 5.41. The van der Waals surface area contributed by atoms with Gasteiger partial charge in [0.05, 0.1) is 5.56 Å². The van der Waals surface area contributed by atoms with E-state index in [0.29, 0.717) is 0 Å². The molecule has 0 amide bonds. The van der Waals surface area contributed by atoms with Gasteiger partial charge in [-0.1, -0.05) is 48.5 Å². The second-order valence-corrected chi connectivity index (χ2v) is 7.30. The highest BCUT2D eigenvalue weighted by atomic mass is 14.9. The van der Waals surface area contributed by atoms with Crippen LogP contribution in [-0.4, -0.2) is 0 Å². The van der Waals surface area contributed by atoms with Gasteiger partial charge in [-0.25, -0.2) is 4.57 Å². The van der Waals surface area contributed by atoms with Gasteiger partial charge in [-0.15, -0.1) is 0 Å². The molecule has 0 atom stereocenters. The highest BCUT2D eigenvalue weighted by Crippen LogP contribution is 2.42. The molecule has 3 aromatic carbocycles. The average Bonchev–Trinajstić information content (AvgIpc) is 2.68. The fourth-order valence-corrected chi connectivity index (χ4v) is 4.50. The molecule has 1 heterocycles. The molecule has 1 heteroatoms. The van der Waals surface area contributed by atoms with E-state index < -0.39 is 0 Å². The summed E-state index contributed by atoms with van der Waals surface area (Å²) in [5.41, 5.74) is 9.87. The molecule has 126 valence electrons. The number of aromatic nitrogens is 1. The van der Waals surface area contributed by atoms with Crippen molar-refractivity contribution < 1.29 is 4.57 Å². The molecule has 1 nitrogen and oxygen atoms in total. The van der Waals surface area contributed by atoms with Crippen LogP contribution in [0.3, 0.4) is 0 Å². The number of rotatable bonds is 1. The summed E-state index contributed by atoms with van der Waals surface area (Å²) in [7, 11) is 2.14. The lowest BCUT2D eigenvalue weighted by Crippen LogP contribution is -2.30. The Morgan fingerprint density at radius 3 is 2.50 bits per heavy atom. The van der Waals surface area contributed by atoms with Crippen molar-refractivity contribution in [1.82, 2.24) is 0 Å². The molecule has 1 aromatic heterocycles. The van der Waals surface area contributed by atoms with E-state index in [0.717, 1.165) is 12.8 Å². The van der Waals surface area contributed by atoms with Gasteiger partial charge >= 0.3 is 0 Å². The Morgan fingerprint density at radius 2 is 1.62 bits per heavy atom. The largest absolute Gasteiger partial charge is 0.212 e. The Hall–Kier alpha value is -2.93. The van der Waals surface area contributed by atoms with Crippen molar-refractivity contribution in [2.24, 2.45) is 7.05 Å². The van der Waals surface area contributed by atoms with E-state index in [1.54, 1.807) is 0 Å². The third-order valence-corrected chi connectivity index (χ3v) is 5.76. The number of nitrogens with zero attached hydrogens (tertiary/aromatic N) is 1. The van der Waals surface area contributed by atoms with Crippen LogP contribution >= 0.6 is 0 Å². The van der Waals surface area contributed by atoms with Crippen molar-refractivity contribution in [3.63, 3.8) is 0 Å². The van der Waals surface area contributed by atoms with E-state index in [2.05, 4.69) is 91.5 Å². The predicted molar refractivity (Wildman–Crippen MR) is 108 cm³/mol. The molecule has 1 aliphatic carbocycles. The lowest BCUT2D eigenvalue weighted by atomic mass is 9.79. The molecule has 0 aliphatic heterocycles. The lowest BCUT2D eigenvalue weighted by molar-refractivity contribution is -0.660. The van der Waals surface area contributed by atoms with Gasteiger partial charge in [0.1, 0.15) is 7.05 Å². The summed E-state index contributed by atoms with van der Waals surface area (Å²) >= 11 is 0. The number of benzene rings is 3. The Kier molecular flexibility index (Phi) is 3.43. The number of hydrogen-bond donors (Lipinski definition) is 0. The maximum atomic E-state index is 2.33. The molecule has 0 saturated carbocycles. The van der Waals surface area contributed by atoms with Crippen LogP contribution in [0, 0.1) is 6.92 Å². The lowest BCUT2D eigenvalue weighted by Gasteiger charge is -2.24. The molecule has 0 spiro atoms. The first-order valence-electron chi connectivity index (χ1n) is 9.32. The number of hydrogen-bond acceptors (Lipinski definition) is 0. The minimum Gasteiger partial charge on any atom is -0.201 e. The van der Waals surface area contributed by atoms with E-state index >= 15 is 0 Å². The van der Waals surface area contributed by atoms with Crippen LogP contribution in [0.25, 0.3) is 33.2 Å². The van der Waals surface area contributed by atoms with E-state index in [4.69, 9.17) is 0 Å². The summed E-state index contributed by atoms with van der Waals surface area (Å²) in [4.78, 5) is 0. The molecular weight excluding hydrogens is 314 g/mol. The fourth-order valence-electron chi connectivity index (χ4n) is 4.50. The Balaban J connectivity index is 1.86. The minimum atomic E-state index is 1.10. The molecule has 0 bridgehead atoms. The van der Waals surface area contributed by atoms with Crippen LogP contribution in [0.1, 0.15) is 16.7 Å². The van der Waals surface area contributed by atoms with Gasteiger partial charge in [0.25, 0.3) is 0 Å². The zero-order valence-corrected chi connectivity index (χ0v) is 15.3. The highest BCUT2D eigenvalue weighted by Gasteiger charge is 2.25. The summed E-state index contributed by atoms with van der Waals surface area (Å²) in [6, 6.07) is 24.5. The smallest absolute Gasteiger partial charge is 0.201 e. The molecule has 0 unspecified atom stereocenters. The fraction of sp³-hybridized carbons (Fsp3) is 0.160. The summed E-state index contributed by atoms with van der Waals surface area (Å²) in [5.74, 6) is 0. The highest BCUT2D eigenvalue weighted by molar-refractivity contribution is 6.00. The van der Waals surface area contributed by atoms with Gasteiger partial charge in [0.2, 0.25) is 5.69 Å². The molecule has 0 N–H and O–H groups in total. The zero-order valence-electron chi connectivity index (χ0n) is 15.3. The molecule has 0 fully saturated rings. The quantitative estimate of drug-likeness (QED) is 0.409. The van der Waals surface area contributed by atoms with E-state index in [-0.39, 0.29) is 0 Å². The molecule has 0 saturated heterocycles. The van der Waals surface area contributed by atoms with Crippen LogP contribution in [0.15, 0.2) is 72.9 Å². The summed E-state index contributed by atoms with van der Waals surface area (Å²) in [6.45, 7) is 2.24. The maximum absolute atomic E-state index is 2.33. The van der Waals surface area contributed by atoms with E-state index in [9.17, 15) is 0 Å². The van der Waals surface area contributed by atoms with Gasteiger partial charge in [-0.2, -0.15) is 0 Å². The minimum absolute atomic E-state index is 1.10. The van der Waals surface area contributed by atoms with Crippen molar-refractivity contribution in [3.05, 3.63) is 89.6 Å². The second-order valence-electron chi connectivity index (χ2n) is 7.30. The third-order valence-electron chi connectivity index (χ3n) is 5.76. The number of pyridine rings is 1. The topological polar surface area (TPSA) is 3.88 Å². The van der Waals surface area contributed by atoms with E-state index in [1.165, 1.54) is 49.8 Å². The molecule has 5 rings (SSSR count). The normalized spacial score (nSPS) is 12.7. The summed E-state index contributed by atoms with van der Waals surface area (Å²) < 4.78 is 2.24. The molecule has 4 aromatic rings. The average molecular weight is 336 g/mol. The van der Waals surface area contributed by atoms with Crippen molar-refractivity contribution in [3.8, 4) is 22.4 Å². The number of fused-ring (bicyclic) bond motifs is 5. The Morgan fingerprint density at radius 1 is 0.769 bits per heavy atom. The second kappa shape index (κ2) is 5.81. The van der Waals surface area contributed by atoms with Gasteiger partial charge < -0.3 is 0 Å². The van der Waals surface area contributed by atoms with Crippen molar-refractivity contribution in [1.29, 1.82) is 0 Å². The number of aryl methyl sites for hydroxylation is 3. The molecule has 1 aliphatic rings. The van der Waals surface area contributed by atoms with Crippen molar-refractivity contribution in [2.45, 2.75) is 19.8 Å². The van der Waals surface area contributed by atoms with Crippen LogP contribution in [-0.2, 0) is 19.9 Å². The summed E-state index contributed by atoms with van der Waals surface area (Å²) in [5, 5.41) is 2.70. The third kappa shape index (κ3) is 2.20. The summed E-state index contributed by atoms with van der Waals surface area (Å²) in [6.07, 6.45) is 4.35.